The predicted molar refractivity (Wildman–Crippen MR) is 136 cm³/mol. The molecule has 37 heavy (non-hydrogen) atoms. The van der Waals surface area contributed by atoms with E-state index < -0.39 is 5.82 Å². The van der Waals surface area contributed by atoms with Gasteiger partial charge in [0, 0.05) is 40.6 Å². The van der Waals surface area contributed by atoms with Gasteiger partial charge in [0.25, 0.3) is 0 Å². The number of anilines is 1. The number of hydrogen-bond acceptors (Lipinski definition) is 6. The summed E-state index contributed by atoms with van der Waals surface area (Å²) in [7, 11) is 0. The van der Waals surface area contributed by atoms with Gasteiger partial charge in [-0.1, -0.05) is 6.42 Å². The minimum atomic E-state index is -0.464. The average molecular weight is 494 g/mol. The highest BCUT2D eigenvalue weighted by Crippen LogP contribution is 2.35. The Morgan fingerprint density at radius 3 is 2.84 bits per heavy atom. The molecule has 0 bridgehead atoms. The van der Waals surface area contributed by atoms with Crippen molar-refractivity contribution in [3.63, 3.8) is 0 Å². The second kappa shape index (κ2) is 8.37. The van der Waals surface area contributed by atoms with Crippen LogP contribution in [0, 0.1) is 11.7 Å². The van der Waals surface area contributed by atoms with Crippen molar-refractivity contribution in [2.75, 3.05) is 5.32 Å². The number of carbonyl (C=O) groups is 1. The lowest BCUT2D eigenvalue weighted by Gasteiger charge is -2.24. The molecule has 10 heteroatoms. The highest BCUT2D eigenvalue weighted by molar-refractivity contribution is 5.98. The minimum absolute atomic E-state index is 0.0217. The Kier molecular flexibility index (Phi) is 4.85. The maximum absolute atomic E-state index is 16.0. The van der Waals surface area contributed by atoms with E-state index in [0.29, 0.717) is 50.4 Å². The van der Waals surface area contributed by atoms with Crippen LogP contribution in [0.15, 0.2) is 65.9 Å². The Morgan fingerprint density at radius 1 is 1.11 bits per heavy atom. The fraction of sp³-hybridized carbons (Fsp3) is 0.148. The van der Waals surface area contributed by atoms with Crippen LogP contribution in [0.5, 0.6) is 0 Å². The smallest absolute Gasteiger partial charge is 0.227 e. The molecular weight excluding hydrogens is 473 g/mol. The van der Waals surface area contributed by atoms with E-state index in [1.165, 1.54) is 0 Å². The number of aromatic nitrogens is 6. The summed E-state index contributed by atoms with van der Waals surface area (Å²) in [6.45, 7) is 0. The van der Waals surface area contributed by atoms with E-state index in [-0.39, 0.29) is 11.8 Å². The molecule has 0 atom stereocenters. The number of amides is 1. The Morgan fingerprint density at radius 2 is 2.03 bits per heavy atom. The standard InChI is InChI=1S/C27H20FN7O2/c28-22-18(16-10-17(12-29-11-16)31-27(36)14-2-1-3-14)4-5-20-21(22)24(35-34-20)26-32-23-19(15-7-9-37-13-15)6-8-30-25(23)33-26/h4-14H,1-3H2,(H,31,36)(H,34,35)(H,30,32,33). The van der Waals surface area contributed by atoms with Crippen LogP contribution in [0.1, 0.15) is 19.3 Å². The molecule has 0 aliphatic heterocycles. The molecule has 0 spiro atoms. The maximum atomic E-state index is 16.0. The molecule has 6 aromatic rings. The van der Waals surface area contributed by atoms with Crippen LogP contribution in [0.4, 0.5) is 10.1 Å². The summed E-state index contributed by atoms with van der Waals surface area (Å²) in [5.41, 5.74) is 5.23. The molecule has 1 saturated carbocycles. The van der Waals surface area contributed by atoms with Gasteiger partial charge >= 0.3 is 0 Å². The van der Waals surface area contributed by atoms with Crippen LogP contribution in [-0.4, -0.2) is 36.0 Å². The lowest BCUT2D eigenvalue weighted by atomic mass is 9.85. The first-order chi connectivity index (χ1) is 18.2. The fourth-order valence-electron chi connectivity index (χ4n) is 4.72. The van der Waals surface area contributed by atoms with Crippen molar-refractivity contribution in [2.45, 2.75) is 19.3 Å². The van der Waals surface area contributed by atoms with E-state index in [4.69, 9.17) is 4.42 Å². The molecule has 5 aromatic heterocycles. The summed E-state index contributed by atoms with van der Waals surface area (Å²) < 4.78 is 21.3. The number of hydrogen-bond donors (Lipinski definition) is 3. The number of nitrogens with zero attached hydrogens (tertiary/aromatic N) is 4. The number of furan rings is 1. The molecule has 9 nitrogen and oxygen atoms in total. The molecule has 3 N–H and O–H groups in total. The van der Waals surface area contributed by atoms with Crippen LogP contribution in [0.25, 0.3) is 55.8 Å². The van der Waals surface area contributed by atoms with Gasteiger partial charge in [0.15, 0.2) is 11.5 Å². The van der Waals surface area contributed by atoms with Crippen molar-refractivity contribution in [3.05, 3.63) is 67.3 Å². The first-order valence-electron chi connectivity index (χ1n) is 12.0. The SMILES string of the molecule is O=C(Nc1cncc(-c2ccc3[nH]nc(-c4nc5nccc(-c6ccoc6)c5[nH]4)c3c2F)c1)C1CCC1. The number of benzene rings is 1. The van der Waals surface area contributed by atoms with Crippen molar-refractivity contribution in [1.82, 2.24) is 30.1 Å². The molecule has 1 aliphatic rings. The minimum Gasteiger partial charge on any atom is -0.472 e. The quantitative estimate of drug-likeness (QED) is 0.283. The average Bonchev–Trinajstić information content (AvgIpc) is 3.62. The molecule has 1 aromatic carbocycles. The van der Waals surface area contributed by atoms with Gasteiger partial charge in [-0.2, -0.15) is 5.10 Å². The zero-order valence-corrected chi connectivity index (χ0v) is 19.5. The van der Waals surface area contributed by atoms with Crippen LogP contribution in [0.2, 0.25) is 0 Å². The maximum Gasteiger partial charge on any atom is 0.227 e. The van der Waals surface area contributed by atoms with E-state index in [1.807, 2.05) is 12.1 Å². The van der Waals surface area contributed by atoms with Crippen molar-refractivity contribution in [3.8, 4) is 33.8 Å². The Hall–Kier alpha value is -4.86. The van der Waals surface area contributed by atoms with Crippen LogP contribution in [-0.2, 0) is 4.79 Å². The molecule has 0 radical (unpaired) electrons. The highest BCUT2D eigenvalue weighted by atomic mass is 19.1. The van der Waals surface area contributed by atoms with E-state index in [2.05, 4.69) is 35.5 Å². The van der Waals surface area contributed by atoms with Crippen molar-refractivity contribution >= 4 is 33.7 Å². The Labute approximate surface area is 209 Å². The third-order valence-corrected chi connectivity index (χ3v) is 6.91. The molecule has 5 heterocycles. The Balaban J connectivity index is 1.30. The fourth-order valence-corrected chi connectivity index (χ4v) is 4.72. The zero-order valence-electron chi connectivity index (χ0n) is 19.5. The normalized spacial score (nSPS) is 13.8. The first kappa shape index (κ1) is 21.4. The predicted octanol–water partition coefficient (Wildman–Crippen LogP) is 5.70. The highest BCUT2D eigenvalue weighted by Gasteiger charge is 2.25. The topological polar surface area (TPSA) is 125 Å². The Bertz CT molecular complexity index is 1780. The summed E-state index contributed by atoms with van der Waals surface area (Å²) in [4.78, 5) is 28.8. The van der Waals surface area contributed by atoms with E-state index in [1.54, 1.807) is 49.3 Å². The molecule has 1 aliphatic carbocycles. The number of rotatable bonds is 5. The van der Waals surface area contributed by atoms with Gasteiger partial charge in [-0.3, -0.25) is 14.9 Å². The molecule has 1 amide bonds. The van der Waals surface area contributed by atoms with Crippen molar-refractivity contribution in [2.24, 2.45) is 5.92 Å². The van der Waals surface area contributed by atoms with Gasteiger partial charge < -0.3 is 14.7 Å². The molecule has 7 rings (SSSR count). The number of halogens is 1. The van der Waals surface area contributed by atoms with Gasteiger partial charge in [-0.05, 0) is 43.2 Å². The molecule has 182 valence electrons. The summed E-state index contributed by atoms with van der Waals surface area (Å²) in [5.74, 6) is -0.0570. The number of H-pyrrole nitrogens is 2. The number of aromatic amines is 2. The van der Waals surface area contributed by atoms with Gasteiger partial charge in [0.2, 0.25) is 5.91 Å². The third kappa shape index (κ3) is 3.56. The van der Waals surface area contributed by atoms with E-state index in [0.717, 1.165) is 30.4 Å². The van der Waals surface area contributed by atoms with E-state index >= 15 is 4.39 Å². The largest absolute Gasteiger partial charge is 0.472 e. The number of nitrogens with one attached hydrogen (secondary N) is 3. The molecule has 1 fully saturated rings. The van der Waals surface area contributed by atoms with Crippen LogP contribution >= 0.6 is 0 Å². The van der Waals surface area contributed by atoms with Gasteiger partial charge in [0.1, 0.15) is 11.5 Å². The second-order valence-electron chi connectivity index (χ2n) is 9.16. The number of fused-ring (bicyclic) bond motifs is 2. The van der Waals surface area contributed by atoms with Crippen molar-refractivity contribution in [1.29, 1.82) is 0 Å². The number of imidazole rings is 1. The lowest BCUT2D eigenvalue weighted by molar-refractivity contribution is -0.122. The summed E-state index contributed by atoms with van der Waals surface area (Å²) in [5, 5.41) is 10.5. The summed E-state index contributed by atoms with van der Waals surface area (Å²) >= 11 is 0. The summed E-state index contributed by atoms with van der Waals surface area (Å²) in [6.07, 6.45) is 10.9. The molecular formula is C27H20FN7O2. The van der Waals surface area contributed by atoms with Crippen molar-refractivity contribution < 1.29 is 13.6 Å². The second-order valence-corrected chi connectivity index (χ2v) is 9.16. The summed E-state index contributed by atoms with van der Waals surface area (Å²) in [6, 6.07) is 8.88. The van der Waals surface area contributed by atoms with E-state index in [9.17, 15) is 4.79 Å². The zero-order chi connectivity index (χ0) is 24.9. The molecule has 0 unspecified atom stereocenters. The first-order valence-corrected chi connectivity index (χ1v) is 12.0. The van der Waals surface area contributed by atoms with Gasteiger partial charge in [-0.15, -0.1) is 0 Å². The monoisotopic (exact) mass is 493 g/mol. The van der Waals surface area contributed by atoms with Crippen LogP contribution < -0.4 is 5.32 Å². The van der Waals surface area contributed by atoms with Gasteiger partial charge in [-0.25, -0.2) is 14.4 Å². The van der Waals surface area contributed by atoms with Gasteiger partial charge in [0.05, 0.1) is 40.8 Å². The lowest BCUT2D eigenvalue weighted by Crippen LogP contribution is -2.28. The van der Waals surface area contributed by atoms with Crippen LogP contribution in [0.3, 0.4) is 0 Å². The third-order valence-electron chi connectivity index (χ3n) is 6.91. The number of pyridine rings is 2. The number of carbonyl (C=O) groups excluding carboxylic acids is 1. The molecule has 0 saturated heterocycles.